The van der Waals surface area contributed by atoms with E-state index in [0.29, 0.717) is 12.1 Å². The predicted molar refractivity (Wildman–Crippen MR) is 99.9 cm³/mol. The number of nitrogens with one attached hydrogen (secondary N) is 1. The van der Waals surface area contributed by atoms with Crippen molar-refractivity contribution in [2.45, 2.75) is 36.1 Å². The zero-order valence-corrected chi connectivity index (χ0v) is 17.1. The van der Waals surface area contributed by atoms with Crippen molar-refractivity contribution in [2.75, 3.05) is 13.1 Å². The highest BCUT2D eigenvalue weighted by molar-refractivity contribution is 7.89. The first-order valence-corrected chi connectivity index (χ1v) is 10.8. The second kappa shape index (κ2) is 8.70. The fourth-order valence-corrected chi connectivity index (χ4v) is 4.82. The molecule has 1 aromatic carbocycles. The smallest absolute Gasteiger partial charge is 0.338 e. The largest absolute Gasteiger partial charge is 0.433 e. The van der Waals surface area contributed by atoms with Crippen molar-refractivity contribution in [3.05, 3.63) is 59.4 Å². The van der Waals surface area contributed by atoms with Crippen LogP contribution in [0.1, 0.15) is 34.5 Å². The van der Waals surface area contributed by atoms with Crippen LogP contribution >= 0.6 is 0 Å². The number of sulfonamides is 1. The van der Waals surface area contributed by atoms with Gasteiger partial charge >= 0.3 is 12.4 Å². The van der Waals surface area contributed by atoms with Crippen LogP contribution in [0.4, 0.5) is 26.3 Å². The van der Waals surface area contributed by atoms with Gasteiger partial charge in [0.05, 0.1) is 16.0 Å². The Hall–Kier alpha value is -2.67. The number of likely N-dealkylation sites (tertiary alicyclic amines) is 1. The molecule has 1 fully saturated rings. The summed E-state index contributed by atoms with van der Waals surface area (Å²) in [6, 6.07) is 4.78. The van der Waals surface area contributed by atoms with Gasteiger partial charge in [0.1, 0.15) is 5.69 Å². The molecule has 2 heterocycles. The van der Waals surface area contributed by atoms with Gasteiger partial charge in [0.15, 0.2) is 0 Å². The highest BCUT2D eigenvalue weighted by atomic mass is 32.2. The van der Waals surface area contributed by atoms with Gasteiger partial charge in [-0.25, -0.2) is 13.1 Å². The predicted octanol–water partition coefficient (Wildman–Crippen LogP) is 3.70. The standard InChI is InChI=1S/C19H17F6N3O3S/c20-18(21,22)14-3-1-2-4-15(14)32(30,31)27-13-7-9-28(10-8-13)17(29)12-5-6-16(26-11-12)19(23,24)25/h1-6,11,13,27H,7-10H2. The maximum absolute atomic E-state index is 13.1. The number of amides is 1. The number of halogens is 6. The number of alkyl halides is 6. The molecule has 174 valence electrons. The number of piperidine rings is 1. The van der Waals surface area contributed by atoms with E-state index in [4.69, 9.17) is 0 Å². The van der Waals surface area contributed by atoms with Crippen molar-refractivity contribution < 1.29 is 39.6 Å². The Morgan fingerprint density at radius 2 is 1.59 bits per heavy atom. The second-order valence-electron chi connectivity index (χ2n) is 7.11. The molecule has 13 heteroatoms. The summed E-state index contributed by atoms with van der Waals surface area (Å²) in [5.74, 6) is -0.574. The topological polar surface area (TPSA) is 79.4 Å². The van der Waals surface area contributed by atoms with Gasteiger partial charge in [0.25, 0.3) is 5.91 Å². The Morgan fingerprint density at radius 1 is 0.969 bits per heavy atom. The van der Waals surface area contributed by atoms with Crippen LogP contribution in [-0.4, -0.2) is 43.3 Å². The number of aromatic nitrogens is 1. The summed E-state index contributed by atoms with van der Waals surface area (Å²) in [5.41, 5.74) is -2.48. The summed E-state index contributed by atoms with van der Waals surface area (Å²) in [6.45, 7) is 0.127. The minimum Gasteiger partial charge on any atom is -0.338 e. The molecule has 0 unspecified atom stereocenters. The summed E-state index contributed by atoms with van der Waals surface area (Å²) in [4.78, 5) is 16.1. The molecule has 0 spiro atoms. The first-order chi connectivity index (χ1) is 14.8. The molecule has 0 bridgehead atoms. The van der Waals surface area contributed by atoms with Gasteiger partial charge in [-0.15, -0.1) is 0 Å². The summed E-state index contributed by atoms with van der Waals surface area (Å²) in [6.07, 6.45) is -8.44. The van der Waals surface area contributed by atoms with Crippen LogP contribution in [0, 0.1) is 0 Å². The maximum atomic E-state index is 13.1. The van der Waals surface area contributed by atoms with E-state index in [0.717, 1.165) is 24.4 Å². The number of hydrogen-bond donors (Lipinski definition) is 1. The highest BCUT2D eigenvalue weighted by Gasteiger charge is 2.38. The molecule has 32 heavy (non-hydrogen) atoms. The van der Waals surface area contributed by atoms with E-state index in [9.17, 15) is 39.6 Å². The molecule has 1 saturated heterocycles. The van der Waals surface area contributed by atoms with Gasteiger partial charge < -0.3 is 4.90 Å². The Morgan fingerprint density at radius 3 is 2.12 bits per heavy atom. The fraction of sp³-hybridized carbons (Fsp3) is 0.368. The van der Waals surface area contributed by atoms with Gasteiger partial charge in [-0.05, 0) is 37.1 Å². The van der Waals surface area contributed by atoms with Crippen molar-refractivity contribution in [1.29, 1.82) is 0 Å². The molecule has 1 amide bonds. The summed E-state index contributed by atoms with van der Waals surface area (Å²) < 4.78 is 105. The van der Waals surface area contributed by atoms with E-state index in [-0.39, 0.29) is 31.5 Å². The minimum atomic E-state index is -4.85. The molecule has 1 aliphatic heterocycles. The van der Waals surface area contributed by atoms with Crippen LogP contribution in [0.15, 0.2) is 47.5 Å². The lowest BCUT2D eigenvalue weighted by molar-refractivity contribution is -0.141. The molecular formula is C19H17F6N3O3S. The minimum absolute atomic E-state index is 0.0591. The van der Waals surface area contributed by atoms with Crippen molar-refractivity contribution in [3.63, 3.8) is 0 Å². The van der Waals surface area contributed by atoms with Crippen LogP contribution < -0.4 is 4.72 Å². The number of hydrogen-bond acceptors (Lipinski definition) is 4. The van der Waals surface area contributed by atoms with Gasteiger partial charge in [0.2, 0.25) is 10.0 Å². The highest BCUT2D eigenvalue weighted by Crippen LogP contribution is 2.34. The normalized spacial score (nSPS) is 16.2. The van der Waals surface area contributed by atoms with E-state index < -0.39 is 50.5 Å². The van der Waals surface area contributed by atoms with Crippen LogP contribution in [0.3, 0.4) is 0 Å². The zero-order valence-electron chi connectivity index (χ0n) is 16.2. The summed E-state index contributed by atoms with van der Waals surface area (Å²) >= 11 is 0. The maximum Gasteiger partial charge on any atom is 0.433 e. The SMILES string of the molecule is O=C(c1ccc(C(F)(F)F)nc1)N1CCC(NS(=O)(=O)c2ccccc2C(F)(F)F)CC1. The molecule has 0 atom stereocenters. The van der Waals surface area contributed by atoms with Gasteiger partial charge in [-0.3, -0.25) is 9.78 Å². The first-order valence-electron chi connectivity index (χ1n) is 9.30. The number of nitrogens with zero attached hydrogens (tertiary/aromatic N) is 2. The third-order valence-electron chi connectivity index (χ3n) is 4.89. The number of rotatable bonds is 4. The first kappa shape index (κ1) is 24.0. The lowest BCUT2D eigenvalue weighted by Crippen LogP contribution is -2.46. The van der Waals surface area contributed by atoms with Gasteiger partial charge in [0, 0.05) is 25.3 Å². The van der Waals surface area contributed by atoms with Crippen LogP contribution in [0.2, 0.25) is 0 Å². The second-order valence-corrected chi connectivity index (χ2v) is 8.79. The van der Waals surface area contributed by atoms with Gasteiger partial charge in [-0.1, -0.05) is 12.1 Å². The van der Waals surface area contributed by atoms with Crippen molar-refractivity contribution >= 4 is 15.9 Å². The van der Waals surface area contributed by atoms with Crippen LogP contribution in [0.25, 0.3) is 0 Å². The quantitative estimate of drug-likeness (QED) is 0.676. The molecule has 1 aromatic heterocycles. The molecular weight excluding hydrogens is 464 g/mol. The molecule has 0 saturated carbocycles. The molecule has 0 aliphatic carbocycles. The Bertz CT molecular complexity index is 1080. The Balaban J connectivity index is 1.64. The number of carbonyl (C=O) groups is 1. The van der Waals surface area contributed by atoms with E-state index in [1.165, 1.54) is 11.0 Å². The van der Waals surface area contributed by atoms with Crippen LogP contribution in [-0.2, 0) is 22.4 Å². The third kappa shape index (κ3) is 5.38. The van der Waals surface area contributed by atoms with E-state index >= 15 is 0 Å². The average Bonchev–Trinajstić information content (AvgIpc) is 2.72. The van der Waals surface area contributed by atoms with E-state index in [1.807, 2.05) is 0 Å². The average molecular weight is 481 g/mol. The van der Waals surface area contributed by atoms with E-state index in [2.05, 4.69) is 9.71 Å². The molecule has 2 aromatic rings. The third-order valence-corrected chi connectivity index (χ3v) is 6.47. The number of carbonyl (C=O) groups excluding carboxylic acids is 1. The number of pyridine rings is 1. The molecule has 6 nitrogen and oxygen atoms in total. The Kier molecular flexibility index (Phi) is 6.52. The van der Waals surface area contributed by atoms with Crippen LogP contribution in [0.5, 0.6) is 0 Å². The molecule has 1 N–H and O–H groups in total. The Labute approximate surface area is 179 Å². The molecule has 1 aliphatic rings. The fourth-order valence-electron chi connectivity index (χ4n) is 3.29. The summed E-state index contributed by atoms with van der Waals surface area (Å²) in [7, 11) is -4.47. The molecule has 0 radical (unpaired) electrons. The molecule has 3 rings (SSSR count). The van der Waals surface area contributed by atoms with Crippen molar-refractivity contribution in [1.82, 2.24) is 14.6 Å². The van der Waals surface area contributed by atoms with Crippen molar-refractivity contribution in [2.24, 2.45) is 0 Å². The lowest BCUT2D eigenvalue weighted by Gasteiger charge is -2.32. The zero-order chi connectivity index (χ0) is 23.7. The number of benzene rings is 1. The van der Waals surface area contributed by atoms with Gasteiger partial charge in [-0.2, -0.15) is 26.3 Å². The monoisotopic (exact) mass is 481 g/mol. The summed E-state index contributed by atoms with van der Waals surface area (Å²) in [5, 5.41) is 0. The van der Waals surface area contributed by atoms with E-state index in [1.54, 1.807) is 0 Å². The lowest BCUT2D eigenvalue weighted by atomic mass is 10.1. The van der Waals surface area contributed by atoms with Crippen molar-refractivity contribution in [3.8, 4) is 0 Å².